The Kier molecular flexibility index (Phi) is 3.20. The van der Waals surface area contributed by atoms with Gasteiger partial charge in [-0.3, -0.25) is 4.98 Å². The van der Waals surface area contributed by atoms with Crippen LogP contribution in [0.2, 0.25) is 0 Å². The van der Waals surface area contributed by atoms with E-state index in [4.69, 9.17) is 5.14 Å². The third-order valence-corrected chi connectivity index (χ3v) is 3.85. The lowest BCUT2D eigenvalue weighted by Crippen LogP contribution is -2.14. The zero-order valence-electron chi connectivity index (χ0n) is 10.6. The van der Waals surface area contributed by atoms with Crippen molar-refractivity contribution in [1.29, 1.82) is 0 Å². The van der Waals surface area contributed by atoms with Gasteiger partial charge in [-0.25, -0.2) is 13.6 Å². The maximum atomic E-state index is 11.8. The molecule has 0 bridgehead atoms. The smallest absolute Gasteiger partial charge is 0.238 e. The van der Waals surface area contributed by atoms with Gasteiger partial charge in [-0.15, -0.1) is 10.2 Å². The van der Waals surface area contributed by atoms with E-state index in [9.17, 15) is 8.42 Å². The van der Waals surface area contributed by atoms with Gasteiger partial charge in [0.1, 0.15) is 0 Å². The van der Waals surface area contributed by atoms with Gasteiger partial charge in [0.15, 0.2) is 0 Å². The highest BCUT2D eigenvalue weighted by Crippen LogP contribution is 2.34. The number of aromatic nitrogens is 5. The van der Waals surface area contributed by atoms with Crippen molar-refractivity contribution in [2.75, 3.05) is 0 Å². The van der Waals surface area contributed by atoms with Gasteiger partial charge in [0.25, 0.3) is 0 Å². The maximum Gasteiger partial charge on any atom is 0.238 e. The van der Waals surface area contributed by atoms with Crippen molar-refractivity contribution in [2.45, 2.75) is 4.90 Å². The first kappa shape index (κ1) is 13.3. The van der Waals surface area contributed by atoms with Crippen LogP contribution in [0.15, 0.2) is 47.6 Å². The second-order valence-corrected chi connectivity index (χ2v) is 5.72. The van der Waals surface area contributed by atoms with Crippen LogP contribution in [0.5, 0.6) is 0 Å². The molecule has 0 unspecified atom stereocenters. The summed E-state index contributed by atoms with van der Waals surface area (Å²) in [4.78, 5) is 3.88. The number of rotatable bonds is 3. The first-order valence-corrected chi connectivity index (χ1v) is 7.42. The monoisotopic (exact) mass is 302 g/mol. The molecule has 0 aliphatic rings. The van der Waals surface area contributed by atoms with Crippen molar-refractivity contribution in [3.8, 4) is 22.5 Å². The van der Waals surface area contributed by atoms with Gasteiger partial charge in [-0.2, -0.15) is 5.21 Å². The fourth-order valence-electron chi connectivity index (χ4n) is 2.04. The number of hydrogen-bond acceptors (Lipinski definition) is 6. The fraction of sp³-hybridized carbons (Fsp3) is 0. The van der Waals surface area contributed by atoms with Gasteiger partial charge in [-0.05, 0) is 34.5 Å². The number of nitrogens with two attached hydrogens (primary N) is 1. The zero-order chi connectivity index (χ0) is 14.9. The van der Waals surface area contributed by atoms with Crippen LogP contribution in [0.4, 0.5) is 0 Å². The van der Waals surface area contributed by atoms with Crippen molar-refractivity contribution < 1.29 is 8.42 Å². The molecular weight excluding hydrogens is 292 g/mol. The van der Waals surface area contributed by atoms with E-state index < -0.39 is 10.0 Å². The predicted octanol–water partition coefficient (Wildman–Crippen LogP) is 0.576. The maximum absolute atomic E-state index is 11.8. The Bertz CT molecular complexity index is 862. The van der Waals surface area contributed by atoms with Gasteiger partial charge in [0, 0.05) is 12.4 Å². The second kappa shape index (κ2) is 5.04. The van der Waals surface area contributed by atoms with Crippen LogP contribution in [-0.4, -0.2) is 34.0 Å². The molecule has 0 aliphatic carbocycles. The summed E-state index contributed by atoms with van der Waals surface area (Å²) in [5.74, 6) is 0.159. The van der Waals surface area contributed by atoms with Crippen LogP contribution >= 0.6 is 0 Å². The zero-order valence-corrected chi connectivity index (χ0v) is 11.4. The number of sulfonamides is 1. The standard InChI is InChI=1S/C12H10N6O2S/c13-21(19,20)10-3-1-2-9(8-4-6-14-7-5-8)11(10)12-15-17-18-16-12/h1-7H,(H2,13,19,20)(H,15,16,17,18). The predicted molar refractivity (Wildman–Crippen MR) is 74.2 cm³/mol. The van der Waals surface area contributed by atoms with E-state index in [1.807, 2.05) is 0 Å². The summed E-state index contributed by atoms with van der Waals surface area (Å²) in [6, 6.07) is 8.29. The SMILES string of the molecule is NS(=O)(=O)c1cccc(-c2ccncc2)c1-c1nn[nH]n1. The Balaban J connectivity index is 2.36. The van der Waals surface area contributed by atoms with Crippen molar-refractivity contribution in [3.05, 3.63) is 42.7 Å². The van der Waals surface area contributed by atoms with Crippen LogP contribution in [-0.2, 0) is 10.0 Å². The van der Waals surface area contributed by atoms with Crippen LogP contribution < -0.4 is 5.14 Å². The summed E-state index contributed by atoms with van der Waals surface area (Å²) < 4.78 is 23.6. The van der Waals surface area contributed by atoms with E-state index in [2.05, 4.69) is 25.6 Å². The average molecular weight is 302 g/mol. The van der Waals surface area contributed by atoms with Gasteiger partial charge in [-0.1, -0.05) is 12.1 Å². The number of aromatic amines is 1. The molecule has 3 N–H and O–H groups in total. The topological polar surface area (TPSA) is 128 Å². The lowest BCUT2D eigenvalue weighted by Gasteiger charge is -2.10. The van der Waals surface area contributed by atoms with Crippen LogP contribution in [0, 0.1) is 0 Å². The van der Waals surface area contributed by atoms with Gasteiger partial charge < -0.3 is 0 Å². The Hall–Kier alpha value is -2.65. The summed E-state index contributed by atoms with van der Waals surface area (Å²) in [6.45, 7) is 0. The number of H-pyrrole nitrogens is 1. The number of pyridine rings is 1. The normalized spacial score (nSPS) is 11.5. The third-order valence-electron chi connectivity index (χ3n) is 2.89. The molecule has 0 saturated carbocycles. The van der Waals surface area contributed by atoms with E-state index in [0.29, 0.717) is 11.1 Å². The van der Waals surface area contributed by atoms with Crippen molar-refractivity contribution in [2.24, 2.45) is 5.14 Å². The number of nitrogens with one attached hydrogen (secondary N) is 1. The molecule has 9 heteroatoms. The minimum Gasteiger partial charge on any atom is -0.265 e. The number of benzene rings is 1. The van der Waals surface area contributed by atoms with Crippen LogP contribution in [0.3, 0.4) is 0 Å². The molecular formula is C12H10N6O2S. The molecule has 2 aromatic heterocycles. The molecule has 1 aromatic carbocycles. The summed E-state index contributed by atoms with van der Waals surface area (Å²) in [5, 5.41) is 18.8. The molecule has 0 amide bonds. The van der Waals surface area contributed by atoms with Gasteiger partial charge in [0.2, 0.25) is 15.8 Å². The molecule has 0 spiro atoms. The molecule has 0 atom stereocenters. The van der Waals surface area contributed by atoms with Gasteiger partial charge in [0.05, 0.1) is 10.5 Å². The quantitative estimate of drug-likeness (QED) is 0.728. The highest BCUT2D eigenvalue weighted by atomic mass is 32.2. The van der Waals surface area contributed by atoms with Crippen molar-refractivity contribution in [3.63, 3.8) is 0 Å². The highest BCUT2D eigenvalue weighted by molar-refractivity contribution is 7.89. The first-order valence-electron chi connectivity index (χ1n) is 5.87. The molecule has 0 aliphatic heterocycles. The lowest BCUT2D eigenvalue weighted by molar-refractivity contribution is 0.598. The first-order chi connectivity index (χ1) is 10.1. The molecule has 0 saturated heterocycles. The Morgan fingerprint density at radius 2 is 1.86 bits per heavy atom. The molecule has 3 rings (SSSR count). The van der Waals surface area contributed by atoms with E-state index >= 15 is 0 Å². The summed E-state index contributed by atoms with van der Waals surface area (Å²) >= 11 is 0. The van der Waals surface area contributed by atoms with Crippen LogP contribution in [0.25, 0.3) is 22.5 Å². The number of tetrazole rings is 1. The minimum atomic E-state index is -3.93. The van der Waals surface area contributed by atoms with Crippen molar-refractivity contribution in [1.82, 2.24) is 25.6 Å². The molecule has 0 fully saturated rings. The van der Waals surface area contributed by atoms with Crippen molar-refractivity contribution >= 4 is 10.0 Å². The lowest BCUT2D eigenvalue weighted by atomic mass is 10.0. The van der Waals surface area contributed by atoms with E-state index in [1.54, 1.807) is 36.7 Å². The number of nitrogens with zero attached hydrogens (tertiary/aromatic N) is 4. The Labute approximate surface area is 120 Å². The largest absolute Gasteiger partial charge is 0.265 e. The molecule has 106 valence electrons. The van der Waals surface area contributed by atoms with E-state index in [1.165, 1.54) is 6.07 Å². The van der Waals surface area contributed by atoms with Gasteiger partial charge >= 0.3 is 0 Å². The molecule has 2 heterocycles. The summed E-state index contributed by atoms with van der Waals surface area (Å²) in [7, 11) is -3.93. The molecule has 21 heavy (non-hydrogen) atoms. The van der Waals surface area contributed by atoms with E-state index in [-0.39, 0.29) is 10.7 Å². The molecule has 8 nitrogen and oxygen atoms in total. The Morgan fingerprint density at radius 3 is 2.48 bits per heavy atom. The second-order valence-electron chi connectivity index (χ2n) is 4.20. The molecule has 0 radical (unpaired) electrons. The van der Waals surface area contributed by atoms with E-state index in [0.717, 1.165) is 5.56 Å². The average Bonchev–Trinajstić information content (AvgIpc) is 3.00. The summed E-state index contributed by atoms with van der Waals surface area (Å²) in [6.07, 6.45) is 3.22. The fourth-order valence-corrected chi connectivity index (χ4v) is 2.79. The highest BCUT2D eigenvalue weighted by Gasteiger charge is 2.22. The number of primary sulfonamides is 1. The Morgan fingerprint density at radius 1 is 1.10 bits per heavy atom. The number of hydrogen-bond donors (Lipinski definition) is 2. The van der Waals surface area contributed by atoms with Crippen LogP contribution in [0.1, 0.15) is 0 Å². The third kappa shape index (κ3) is 2.51. The minimum absolute atomic E-state index is 0.0572. The molecule has 3 aromatic rings. The summed E-state index contributed by atoms with van der Waals surface area (Å²) in [5.41, 5.74) is 1.71.